The standard InChI is InChI=1S/C21H16ClF4N3O6/c1-11(30)33-7-8-34-14-5-3-4-6-15(14)35-19-12(22)9-13(23)18(27-19)29-17(31)10-16(21(24,25)26)28(2)20(29)32/h3-6,9-10H,7-8H2,1-2H3. The quantitative estimate of drug-likeness (QED) is 0.269. The third kappa shape index (κ3) is 5.80. The van der Waals surface area contributed by atoms with Crippen LogP contribution >= 0.6 is 11.6 Å². The number of benzene rings is 1. The molecular formula is C21H16ClF4N3O6. The average Bonchev–Trinajstić information content (AvgIpc) is 2.76. The van der Waals surface area contributed by atoms with Crippen LogP contribution in [0, 0.1) is 5.82 Å². The van der Waals surface area contributed by atoms with E-state index >= 15 is 0 Å². The van der Waals surface area contributed by atoms with Gasteiger partial charge in [0.25, 0.3) is 5.56 Å². The molecule has 2 heterocycles. The van der Waals surface area contributed by atoms with Crippen molar-refractivity contribution in [2.24, 2.45) is 7.05 Å². The monoisotopic (exact) mass is 517 g/mol. The first kappa shape index (κ1) is 25.7. The van der Waals surface area contributed by atoms with E-state index in [1.54, 1.807) is 12.1 Å². The Kier molecular flexibility index (Phi) is 7.48. The second-order valence-electron chi connectivity index (χ2n) is 6.86. The van der Waals surface area contributed by atoms with E-state index in [1.807, 2.05) is 0 Å². The first-order valence-corrected chi connectivity index (χ1v) is 10.1. The molecule has 3 rings (SSSR count). The second kappa shape index (κ2) is 10.2. The summed E-state index contributed by atoms with van der Waals surface area (Å²) in [6.07, 6.45) is -4.99. The highest BCUT2D eigenvalue weighted by atomic mass is 35.5. The van der Waals surface area contributed by atoms with Crippen LogP contribution in [0.4, 0.5) is 17.6 Å². The predicted octanol–water partition coefficient (Wildman–Crippen LogP) is 3.48. The number of carbonyl (C=O) groups excluding carboxylic acids is 1. The minimum atomic E-state index is -4.99. The molecule has 0 saturated carbocycles. The zero-order chi connectivity index (χ0) is 25.9. The Morgan fingerprint density at radius 2 is 1.77 bits per heavy atom. The fourth-order valence-corrected chi connectivity index (χ4v) is 3.03. The summed E-state index contributed by atoms with van der Waals surface area (Å²) in [5.41, 5.74) is -4.47. The van der Waals surface area contributed by atoms with Gasteiger partial charge in [-0.1, -0.05) is 23.7 Å². The van der Waals surface area contributed by atoms with Crippen molar-refractivity contribution in [1.82, 2.24) is 14.1 Å². The Hall–Kier alpha value is -3.87. The van der Waals surface area contributed by atoms with Crippen LogP contribution in [-0.4, -0.2) is 33.3 Å². The molecule has 35 heavy (non-hydrogen) atoms. The van der Waals surface area contributed by atoms with Crippen molar-refractivity contribution < 1.29 is 36.6 Å². The van der Waals surface area contributed by atoms with Crippen molar-refractivity contribution in [3.05, 3.63) is 73.8 Å². The third-order valence-electron chi connectivity index (χ3n) is 4.40. The van der Waals surface area contributed by atoms with Gasteiger partial charge in [-0.15, -0.1) is 0 Å². The average molecular weight is 518 g/mol. The largest absolute Gasteiger partial charge is 0.486 e. The molecule has 2 aromatic heterocycles. The van der Waals surface area contributed by atoms with Crippen molar-refractivity contribution in [2.45, 2.75) is 13.1 Å². The molecule has 0 fully saturated rings. The van der Waals surface area contributed by atoms with E-state index in [4.69, 9.17) is 25.8 Å². The molecule has 0 N–H and O–H groups in total. The van der Waals surface area contributed by atoms with Gasteiger partial charge in [0.2, 0.25) is 5.88 Å². The van der Waals surface area contributed by atoms with Gasteiger partial charge in [-0.05, 0) is 12.1 Å². The lowest BCUT2D eigenvalue weighted by Crippen LogP contribution is -2.41. The number of hydrogen-bond donors (Lipinski definition) is 0. The summed E-state index contributed by atoms with van der Waals surface area (Å²) in [6.45, 7) is 1.14. The minimum Gasteiger partial charge on any atom is -0.486 e. The molecule has 1 aromatic carbocycles. The summed E-state index contributed by atoms with van der Waals surface area (Å²) < 4.78 is 70.0. The van der Waals surface area contributed by atoms with Crippen molar-refractivity contribution in [3.8, 4) is 23.2 Å². The molecule has 0 bridgehead atoms. The van der Waals surface area contributed by atoms with Crippen molar-refractivity contribution >= 4 is 17.6 Å². The number of carbonyl (C=O) groups is 1. The van der Waals surface area contributed by atoms with Crippen LogP contribution in [-0.2, 0) is 22.8 Å². The Morgan fingerprint density at radius 1 is 1.11 bits per heavy atom. The van der Waals surface area contributed by atoms with E-state index in [0.717, 1.165) is 7.05 Å². The zero-order valence-electron chi connectivity index (χ0n) is 18.1. The van der Waals surface area contributed by atoms with Crippen LogP contribution in [0.5, 0.6) is 17.4 Å². The number of halogens is 5. The summed E-state index contributed by atoms with van der Waals surface area (Å²) in [5, 5.41) is -0.363. The van der Waals surface area contributed by atoms with E-state index < -0.39 is 46.6 Å². The molecule has 0 radical (unpaired) electrons. The highest BCUT2D eigenvalue weighted by Gasteiger charge is 2.35. The number of rotatable bonds is 7. The molecule has 0 atom stereocenters. The Bertz CT molecular complexity index is 1390. The lowest BCUT2D eigenvalue weighted by atomic mass is 10.3. The van der Waals surface area contributed by atoms with Crippen LogP contribution in [0.15, 0.2) is 46.0 Å². The Morgan fingerprint density at radius 3 is 2.40 bits per heavy atom. The van der Waals surface area contributed by atoms with Crippen LogP contribution in [0.25, 0.3) is 5.82 Å². The van der Waals surface area contributed by atoms with Crippen molar-refractivity contribution in [3.63, 3.8) is 0 Å². The molecule has 0 unspecified atom stereocenters. The fraction of sp³-hybridized carbons (Fsp3) is 0.238. The van der Waals surface area contributed by atoms with Crippen LogP contribution in [0.2, 0.25) is 5.02 Å². The van der Waals surface area contributed by atoms with Gasteiger partial charge in [0, 0.05) is 26.1 Å². The molecule has 3 aromatic rings. The lowest BCUT2D eigenvalue weighted by Gasteiger charge is -2.15. The van der Waals surface area contributed by atoms with Gasteiger partial charge >= 0.3 is 17.8 Å². The topological polar surface area (TPSA) is 102 Å². The summed E-state index contributed by atoms with van der Waals surface area (Å²) >= 11 is 6.00. The van der Waals surface area contributed by atoms with Crippen molar-refractivity contribution in [2.75, 3.05) is 13.2 Å². The molecule has 9 nitrogen and oxygen atoms in total. The SMILES string of the molecule is CC(=O)OCCOc1ccccc1Oc1nc(-n2c(=O)cc(C(F)(F)F)n(C)c2=O)c(F)cc1Cl. The van der Waals surface area contributed by atoms with E-state index in [0.29, 0.717) is 6.07 Å². The maximum Gasteiger partial charge on any atom is 0.431 e. The molecule has 0 saturated heterocycles. The highest BCUT2D eigenvalue weighted by molar-refractivity contribution is 6.31. The van der Waals surface area contributed by atoms with Gasteiger partial charge in [0.1, 0.15) is 23.9 Å². The Balaban J connectivity index is 2.01. The minimum absolute atomic E-state index is 0.0349. The van der Waals surface area contributed by atoms with Crippen LogP contribution in [0.3, 0.4) is 0 Å². The number of aromatic nitrogens is 3. The van der Waals surface area contributed by atoms with E-state index in [9.17, 15) is 31.9 Å². The number of nitrogens with zero attached hydrogens (tertiary/aromatic N) is 3. The van der Waals surface area contributed by atoms with Crippen molar-refractivity contribution in [1.29, 1.82) is 0 Å². The van der Waals surface area contributed by atoms with E-state index in [-0.39, 0.29) is 44.9 Å². The van der Waals surface area contributed by atoms with Gasteiger partial charge < -0.3 is 14.2 Å². The summed E-state index contributed by atoms with van der Waals surface area (Å²) in [4.78, 5) is 39.5. The number of esters is 1. The summed E-state index contributed by atoms with van der Waals surface area (Å²) in [7, 11) is 0.774. The number of alkyl halides is 3. The third-order valence-corrected chi connectivity index (χ3v) is 4.67. The normalized spacial score (nSPS) is 11.3. The van der Waals surface area contributed by atoms with E-state index in [1.165, 1.54) is 19.1 Å². The highest BCUT2D eigenvalue weighted by Crippen LogP contribution is 2.35. The van der Waals surface area contributed by atoms with Gasteiger partial charge in [0.05, 0.1) is 0 Å². The second-order valence-corrected chi connectivity index (χ2v) is 7.27. The molecule has 0 aliphatic heterocycles. The predicted molar refractivity (Wildman–Crippen MR) is 114 cm³/mol. The number of pyridine rings is 1. The smallest absolute Gasteiger partial charge is 0.431 e. The summed E-state index contributed by atoms with van der Waals surface area (Å²) in [5.74, 6) is -2.95. The molecule has 186 valence electrons. The first-order valence-electron chi connectivity index (χ1n) is 9.70. The first-order chi connectivity index (χ1) is 16.4. The van der Waals surface area contributed by atoms with Gasteiger partial charge in [-0.2, -0.15) is 18.2 Å². The fourth-order valence-electron chi connectivity index (χ4n) is 2.86. The maximum absolute atomic E-state index is 14.6. The van der Waals surface area contributed by atoms with Crippen LogP contribution < -0.4 is 20.7 Å². The molecule has 0 aliphatic rings. The molecular weight excluding hydrogens is 502 g/mol. The van der Waals surface area contributed by atoms with Gasteiger partial charge in [-0.25, -0.2) is 13.8 Å². The number of para-hydroxylation sites is 2. The van der Waals surface area contributed by atoms with Crippen LogP contribution in [0.1, 0.15) is 12.6 Å². The molecule has 0 aliphatic carbocycles. The molecule has 0 spiro atoms. The van der Waals surface area contributed by atoms with Gasteiger partial charge in [-0.3, -0.25) is 14.2 Å². The zero-order valence-corrected chi connectivity index (χ0v) is 18.8. The lowest BCUT2D eigenvalue weighted by molar-refractivity contribution is -0.144. The number of ether oxygens (including phenoxy) is 3. The Labute approximate surface area is 199 Å². The number of hydrogen-bond acceptors (Lipinski definition) is 7. The maximum atomic E-state index is 14.6. The molecule has 0 amide bonds. The van der Waals surface area contributed by atoms with E-state index in [2.05, 4.69) is 4.98 Å². The van der Waals surface area contributed by atoms with Gasteiger partial charge in [0.15, 0.2) is 23.1 Å². The summed E-state index contributed by atoms with van der Waals surface area (Å²) in [6, 6.07) is 6.92. The molecule has 14 heteroatoms.